The number of halogens is 3. The van der Waals surface area contributed by atoms with Crippen LogP contribution in [0.3, 0.4) is 0 Å². The number of hydrogen-bond donors (Lipinski definition) is 1. The van der Waals surface area contributed by atoms with Crippen LogP contribution in [-0.2, 0) is 17.5 Å². The van der Waals surface area contributed by atoms with E-state index in [-0.39, 0.29) is 24.4 Å². The third kappa shape index (κ3) is 4.00. The Morgan fingerprint density at radius 2 is 1.88 bits per heavy atom. The highest BCUT2D eigenvalue weighted by molar-refractivity contribution is 5.78. The number of rotatable bonds is 3. The molecule has 0 spiro atoms. The summed E-state index contributed by atoms with van der Waals surface area (Å²) in [4.78, 5) is 14.3. The molecule has 25 heavy (non-hydrogen) atoms. The Labute approximate surface area is 146 Å². The molecule has 0 heterocycles. The zero-order valence-electron chi connectivity index (χ0n) is 14.4. The maximum Gasteiger partial charge on any atom is 0.416 e. The Balaban J connectivity index is 1.65. The Hall–Kier alpha value is -1.56. The van der Waals surface area contributed by atoms with Gasteiger partial charge in [0, 0.05) is 25.6 Å². The van der Waals surface area contributed by atoms with Gasteiger partial charge in [-0.25, -0.2) is 0 Å². The average molecular weight is 354 g/mol. The van der Waals surface area contributed by atoms with Gasteiger partial charge in [-0.15, -0.1) is 0 Å². The van der Waals surface area contributed by atoms with Crippen molar-refractivity contribution >= 4 is 5.91 Å². The summed E-state index contributed by atoms with van der Waals surface area (Å²) in [7, 11) is 1.67. The van der Waals surface area contributed by atoms with Crippen molar-refractivity contribution in [3.63, 3.8) is 0 Å². The quantitative estimate of drug-likeness (QED) is 0.897. The molecular weight excluding hydrogens is 329 g/mol. The minimum Gasteiger partial charge on any atom is -0.341 e. The largest absolute Gasteiger partial charge is 0.416 e. The minimum absolute atomic E-state index is 0.0289. The summed E-state index contributed by atoms with van der Waals surface area (Å²) in [5.74, 6) is 0.791. The third-order valence-electron chi connectivity index (χ3n) is 5.81. The minimum atomic E-state index is -4.37. The topological polar surface area (TPSA) is 46.3 Å². The van der Waals surface area contributed by atoms with Crippen molar-refractivity contribution in [2.24, 2.45) is 23.5 Å². The first-order valence-electron chi connectivity index (χ1n) is 8.92. The predicted molar refractivity (Wildman–Crippen MR) is 89.4 cm³/mol. The molecule has 6 heteroatoms. The average Bonchev–Trinajstić information content (AvgIpc) is 2.53. The second kappa shape index (κ2) is 6.98. The molecule has 0 saturated heterocycles. The van der Waals surface area contributed by atoms with Gasteiger partial charge in [-0.2, -0.15) is 13.2 Å². The Kier molecular flexibility index (Phi) is 5.09. The Morgan fingerprint density at radius 1 is 1.24 bits per heavy atom. The normalized spacial score (nSPS) is 29.3. The van der Waals surface area contributed by atoms with Gasteiger partial charge in [-0.3, -0.25) is 4.79 Å². The highest BCUT2D eigenvalue weighted by atomic mass is 19.4. The van der Waals surface area contributed by atoms with E-state index in [0.717, 1.165) is 37.8 Å². The summed E-state index contributed by atoms with van der Waals surface area (Å²) in [6.45, 7) is 0.195. The highest BCUT2D eigenvalue weighted by Gasteiger charge is 2.41. The van der Waals surface area contributed by atoms with Crippen LogP contribution in [0.25, 0.3) is 0 Å². The van der Waals surface area contributed by atoms with Crippen LogP contribution in [0.15, 0.2) is 24.3 Å². The number of fused-ring (bicyclic) bond motifs is 2. The maximum atomic E-state index is 12.8. The van der Waals surface area contributed by atoms with E-state index < -0.39 is 11.7 Å². The number of amides is 1. The lowest BCUT2D eigenvalue weighted by Gasteiger charge is -2.44. The molecule has 2 fully saturated rings. The first kappa shape index (κ1) is 18.2. The second-order valence-electron chi connectivity index (χ2n) is 7.59. The van der Waals surface area contributed by atoms with Crippen molar-refractivity contribution in [2.75, 3.05) is 7.05 Å². The lowest BCUT2D eigenvalue weighted by molar-refractivity contribution is -0.137. The monoisotopic (exact) mass is 354 g/mol. The molecule has 1 amide bonds. The number of alkyl halides is 3. The lowest BCUT2D eigenvalue weighted by atomic mass is 9.65. The molecular formula is C19H25F3N2O. The molecule has 3 nitrogen and oxygen atoms in total. The zero-order chi connectivity index (χ0) is 18.2. The lowest BCUT2D eigenvalue weighted by Crippen LogP contribution is -2.49. The molecule has 2 aliphatic rings. The van der Waals surface area contributed by atoms with E-state index in [0.29, 0.717) is 17.4 Å². The number of hydrogen-bond acceptors (Lipinski definition) is 2. The molecule has 2 bridgehead atoms. The molecule has 2 atom stereocenters. The fraction of sp³-hybridized carbons (Fsp3) is 0.632. The van der Waals surface area contributed by atoms with Gasteiger partial charge in [0.1, 0.15) is 0 Å². The maximum absolute atomic E-state index is 12.8. The van der Waals surface area contributed by atoms with Gasteiger partial charge >= 0.3 is 6.18 Å². The zero-order valence-corrected chi connectivity index (χ0v) is 14.4. The molecule has 2 aliphatic carbocycles. The van der Waals surface area contributed by atoms with Crippen LogP contribution in [0.4, 0.5) is 13.2 Å². The molecule has 0 aromatic heterocycles. The highest BCUT2D eigenvalue weighted by Crippen LogP contribution is 2.42. The standard InChI is InChI=1S/C19H25F3N2O/c1-24(11-12-4-2-7-16(8-12)19(20,21)22)18(25)15-9-13-5-3-6-14(10-15)17(13)23/h2,4,7-8,13-15,17H,3,5-6,9-11,23H2,1H3. The van der Waals surface area contributed by atoms with Gasteiger partial charge in [0.15, 0.2) is 0 Å². The SMILES string of the molecule is CN(Cc1cccc(C(F)(F)F)c1)C(=O)C1CC2CCCC(C1)C2N. The predicted octanol–water partition coefficient (Wildman–Crippen LogP) is 3.82. The van der Waals surface area contributed by atoms with E-state index >= 15 is 0 Å². The van der Waals surface area contributed by atoms with Crippen molar-refractivity contribution in [3.8, 4) is 0 Å². The summed E-state index contributed by atoms with van der Waals surface area (Å²) >= 11 is 0. The van der Waals surface area contributed by atoms with E-state index in [2.05, 4.69) is 0 Å². The van der Waals surface area contributed by atoms with Crippen molar-refractivity contribution in [1.82, 2.24) is 4.90 Å². The van der Waals surface area contributed by atoms with Gasteiger partial charge in [0.2, 0.25) is 5.91 Å². The molecule has 1 aromatic carbocycles. The van der Waals surface area contributed by atoms with Gasteiger partial charge in [-0.1, -0.05) is 18.6 Å². The van der Waals surface area contributed by atoms with Gasteiger partial charge < -0.3 is 10.6 Å². The molecule has 2 unspecified atom stereocenters. The summed E-state index contributed by atoms with van der Waals surface area (Å²) in [5, 5.41) is 0. The summed E-state index contributed by atoms with van der Waals surface area (Å²) in [5.41, 5.74) is 6.09. The van der Waals surface area contributed by atoms with Crippen molar-refractivity contribution in [3.05, 3.63) is 35.4 Å². The van der Waals surface area contributed by atoms with E-state index in [4.69, 9.17) is 5.73 Å². The van der Waals surface area contributed by atoms with E-state index in [1.54, 1.807) is 18.0 Å². The number of benzene rings is 1. The van der Waals surface area contributed by atoms with Crippen LogP contribution in [0.2, 0.25) is 0 Å². The van der Waals surface area contributed by atoms with Crippen LogP contribution in [-0.4, -0.2) is 23.9 Å². The van der Waals surface area contributed by atoms with Gasteiger partial charge in [0.05, 0.1) is 5.56 Å². The fourth-order valence-electron chi connectivity index (χ4n) is 4.50. The van der Waals surface area contributed by atoms with Crippen molar-refractivity contribution in [1.29, 1.82) is 0 Å². The number of carbonyl (C=O) groups excluding carboxylic acids is 1. The van der Waals surface area contributed by atoms with E-state index in [1.165, 1.54) is 12.5 Å². The van der Waals surface area contributed by atoms with Crippen LogP contribution < -0.4 is 5.73 Å². The summed E-state index contributed by atoms with van der Waals surface area (Å²) < 4.78 is 38.5. The van der Waals surface area contributed by atoms with Crippen molar-refractivity contribution in [2.45, 2.75) is 50.9 Å². The Bertz CT molecular complexity index is 617. The second-order valence-corrected chi connectivity index (χ2v) is 7.59. The first-order chi connectivity index (χ1) is 11.8. The molecule has 138 valence electrons. The van der Waals surface area contributed by atoms with Crippen LogP contribution in [0.1, 0.15) is 43.2 Å². The third-order valence-corrected chi connectivity index (χ3v) is 5.81. The molecule has 1 aromatic rings. The Morgan fingerprint density at radius 3 is 2.48 bits per heavy atom. The molecule has 2 N–H and O–H groups in total. The van der Waals surface area contributed by atoms with E-state index in [1.807, 2.05) is 0 Å². The molecule has 0 aliphatic heterocycles. The van der Waals surface area contributed by atoms with Crippen molar-refractivity contribution < 1.29 is 18.0 Å². The number of nitrogens with two attached hydrogens (primary N) is 1. The van der Waals surface area contributed by atoms with Gasteiger partial charge in [-0.05, 0) is 55.2 Å². The summed E-state index contributed by atoms with van der Waals surface area (Å²) in [6.07, 6.45) is 0.601. The van der Waals surface area contributed by atoms with Crippen LogP contribution in [0.5, 0.6) is 0 Å². The van der Waals surface area contributed by atoms with E-state index in [9.17, 15) is 18.0 Å². The molecule has 0 radical (unpaired) electrons. The van der Waals surface area contributed by atoms with Crippen LogP contribution in [0, 0.1) is 17.8 Å². The number of carbonyl (C=O) groups is 1. The molecule has 3 rings (SSSR count). The van der Waals surface area contributed by atoms with Crippen LogP contribution >= 0.6 is 0 Å². The number of nitrogens with zero attached hydrogens (tertiary/aromatic N) is 1. The molecule has 2 saturated carbocycles. The first-order valence-corrected chi connectivity index (χ1v) is 8.92. The smallest absolute Gasteiger partial charge is 0.341 e. The van der Waals surface area contributed by atoms with Gasteiger partial charge in [0.25, 0.3) is 0 Å². The summed E-state index contributed by atoms with van der Waals surface area (Å²) in [6, 6.07) is 5.39. The fourth-order valence-corrected chi connectivity index (χ4v) is 4.50.